The molecule has 1 N–H and O–H groups in total. The number of likely N-dealkylation sites (N-methyl/N-ethyl adjacent to an activating group) is 1. The molecule has 0 aliphatic rings. The number of ether oxygens (including phenoxy) is 1. The zero-order valence-corrected chi connectivity index (χ0v) is 12.7. The third-order valence-electron chi connectivity index (χ3n) is 3.77. The predicted molar refractivity (Wildman–Crippen MR) is 84.4 cm³/mol. The highest BCUT2D eigenvalue weighted by Gasteiger charge is 2.14. The first-order valence-corrected chi connectivity index (χ1v) is 7.02. The van der Waals surface area contributed by atoms with Gasteiger partial charge in [0.2, 0.25) is 0 Å². The molecule has 106 valence electrons. The van der Waals surface area contributed by atoms with Gasteiger partial charge in [0, 0.05) is 6.04 Å². The number of nitrogens with one attached hydrogen (secondary N) is 1. The van der Waals surface area contributed by atoms with Crippen LogP contribution in [0.3, 0.4) is 0 Å². The maximum atomic E-state index is 5.45. The minimum atomic E-state index is 0.298. The summed E-state index contributed by atoms with van der Waals surface area (Å²) in [4.78, 5) is 0. The molecule has 0 spiro atoms. The second-order valence-corrected chi connectivity index (χ2v) is 5.22. The van der Waals surface area contributed by atoms with Crippen LogP contribution in [0.25, 0.3) is 0 Å². The topological polar surface area (TPSA) is 21.3 Å². The molecule has 0 aliphatic carbocycles. The van der Waals surface area contributed by atoms with Crippen LogP contribution < -0.4 is 10.1 Å². The van der Waals surface area contributed by atoms with Gasteiger partial charge < -0.3 is 10.1 Å². The summed E-state index contributed by atoms with van der Waals surface area (Å²) in [5.74, 6) is 0.956. The summed E-state index contributed by atoms with van der Waals surface area (Å²) in [5.41, 5.74) is 5.22. The van der Waals surface area contributed by atoms with Gasteiger partial charge in [0.05, 0.1) is 7.11 Å². The Morgan fingerprint density at radius 1 is 1.10 bits per heavy atom. The second-order valence-electron chi connectivity index (χ2n) is 5.22. The lowest BCUT2D eigenvalue weighted by atomic mass is 9.94. The molecule has 1 unspecified atom stereocenters. The summed E-state index contributed by atoms with van der Waals surface area (Å²) < 4.78 is 5.45. The summed E-state index contributed by atoms with van der Waals surface area (Å²) in [6, 6.07) is 15.2. The Kier molecular flexibility index (Phi) is 4.80. The summed E-state index contributed by atoms with van der Waals surface area (Å²) in [6.45, 7) is 4.31. The van der Waals surface area contributed by atoms with E-state index in [-0.39, 0.29) is 0 Å². The lowest BCUT2D eigenvalue weighted by Crippen LogP contribution is -2.20. The lowest BCUT2D eigenvalue weighted by molar-refractivity contribution is 0.406. The van der Waals surface area contributed by atoms with Crippen LogP contribution >= 0.6 is 0 Å². The van der Waals surface area contributed by atoms with Gasteiger partial charge in [-0.25, -0.2) is 0 Å². The van der Waals surface area contributed by atoms with Gasteiger partial charge in [0.15, 0.2) is 0 Å². The molecule has 0 aliphatic heterocycles. The number of aryl methyl sites for hydroxylation is 2. The molecule has 2 aromatic carbocycles. The van der Waals surface area contributed by atoms with Crippen molar-refractivity contribution >= 4 is 0 Å². The summed E-state index contributed by atoms with van der Waals surface area (Å²) in [5, 5.41) is 3.42. The minimum absolute atomic E-state index is 0.298. The quantitative estimate of drug-likeness (QED) is 0.891. The van der Waals surface area contributed by atoms with E-state index in [4.69, 9.17) is 4.74 Å². The van der Waals surface area contributed by atoms with Crippen molar-refractivity contribution in [2.45, 2.75) is 26.3 Å². The van der Waals surface area contributed by atoms with Crippen molar-refractivity contribution in [3.63, 3.8) is 0 Å². The van der Waals surface area contributed by atoms with Crippen LogP contribution in [0.1, 0.15) is 28.3 Å². The summed E-state index contributed by atoms with van der Waals surface area (Å²) in [7, 11) is 3.74. The zero-order chi connectivity index (χ0) is 14.5. The summed E-state index contributed by atoms with van der Waals surface area (Å²) in [6.07, 6.45) is 0.921. The van der Waals surface area contributed by atoms with Crippen LogP contribution in [0.15, 0.2) is 42.5 Å². The van der Waals surface area contributed by atoms with E-state index < -0.39 is 0 Å². The average molecular weight is 269 g/mol. The van der Waals surface area contributed by atoms with E-state index in [0.29, 0.717) is 6.04 Å². The van der Waals surface area contributed by atoms with Gasteiger partial charge in [-0.15, -0.1) is 0 Å². The van der Waals surface area contributed by atoms with Crippen LogP contribution in [0.2, 0.25) is 0 Å². The fraction of sp³-hybridized carbons (Fsp3) is 0.333. The number of benzene rings is 2. The maximum absolute atomic E-state index is 5.45. The van der Waals surface area contributed by atoms with Crippen LogP contribution in [0.5, 0.6) is 5.75 Å². The SMILES string of the molecule is CNC(Cc1ccccc1OC)c1ccc(C)cc1C. The second kappa shape index (κ2) is 6.58. The largest absolute Gasteiger partial charge is 0.496 e. The highest BCUT2D eigenvalue weighted by molar-refractivity contribution is 5.38. The molecule has 0 aromatic heterocycles. The Morgan fingerprint density at radius 3 is 2.50 bits per heavy atom. The number of methoxy groups -OCH3 is 1. The van der Waals surface area contributed by atoms with E-state index in [1.807, 2.05) is 19.2 Å². The van der Waals surface area contributed by atoms with Crippen molar-refractivity contribution < 1.29 is 4.74 Å². The van der Waals surface area contributed by atoms with Gasteiger partial charge in [0.1, 0.15) is 5.75 Å². The van der Waals surface area contributed by atoms with E-state index in [9.17, 15) is 0 Å². The molecule has 1 atom stereocenters. The van der Waals surface area contributed by atoms with Gasteiger partial charge in [-0.1, -0.05) is 42.0 Å². The van der Waals surface area contributed by atoms with E-state index in [1.165, 1.54) is 22.3 Å². The maximum Gasteiger partial charge on any atom is 0.122 e. The minimum Gasteiger partial charge on any atom is -0.496 e. The van der Waals surface area contributed by atoms with Crippen molar-refractivity contribution in [1.82, 2.24) is 5.32 Å². The number of rotatable bonds is 5. The standard InChI is InChI=1S/C18H23NO/c1-13-9-10-16(14(2)11-13)17(19-3)12-15-7-5-6-8-18(15)20-4/h5-11,17,19H,12H2,1-4H3. The molecule has 2 heteroatoms. The highest BCUT2D eigenvalue weighted by atomic mass is 16.5. The van der Waals surface area contributed by atoms with Gasteiger partial charge in [-0.3, -0.25) is 0 Å². The molecular formula is C18H23NO. The Morgan fingerprint density at radius 2 is 1.85 bits per heavy atom. The van der Waals surface area contributed by atoms with Crippen molar-refractivity contribution in [3.8, 4) is 5.75 Å². The molecule has 0 saturated carbocycles. The molecule has 2 nitrogen and oxygen atoms in total. The van der Waals surface area contributed by atoms with Gasteiger partial charge in [-0.2, -0.15) is 0 Å². The zero-order valence-electron chi connectivity index (χ0n) is 12.7. The highest BCUT2D eigenvalue weighted by Crippen LogP contribution is 2.26. The number of para-hydroxylation sites is 1. The van der Waals surface area contributed by atoms with Gasteiger partial charge in [-0.05, 0) is 50.1 Å². The third kappa shape index (κ3) is 3.20. The van der Waals surface area contributed by atoms with Crippen LogP contribution in [-0.2, 0) is 6.42 Å². The first kappa shape index (κ1) is 14.6. The van der Waals surface area contributed by atoms with Crippen LogP contribution in [0, 0.1) is 13.8 Å². The molecule has 2 aromatic rings. The van der Waals surface area contributed by atoms with Crippen molar-refractivity contribution in [3.05, 3.63) is 64.7 Å². The molecule has 0 bridgehead atoms. The molecule has 20 heavy (non-hydrogen) atoms. The molecule has 2 rings (SSSR count). The lowest BCUT2D eigenvalue weighted by Gasteiger charge is -2.20. The van der Waals surface area contributed by atoms with E-state index in [0.717, 1.165) is 12.2 Å². The number of hydrogen-bond acceptors (Lipinski definition) is 2. The van der Waals surface area contributed by atoms with Gasteiger partial charge >= 0.3 is 0 Å². The molecule has 0 saturated heterocycles. The Hall–Kier alpha value is -1.80. The van der Waals surface area contributed by atoms with E-state index in [1.54, 1.807) is 7.11 Å². The fourth-order valence-corrected chi connectivity index (χ4v) is 2.68. The van der Waals surface area contributed by atoms with Gasteiger partial charge in [0.25, 0.3) is 0 Å². The Balaban J connectivity index is 2.29. The van der Waals surface area contributed by atoms with Crippen molar-refractivity contribution in [2.24, 2.45) is 0 Å². The Labute approximate surface area is 121 Å². The van der Waals surface area contributed by atoms with E-state index >= 15 is 0 Å². The normalized spacial score (nSPS) is 12.2. The van der Waals surface area contributed by atoms with Crippen molar-refractivity contribution in [2.75, 3.05) is 14.2 Å². The smallest absolute Gasteiger partial charge is 0.122 e. The third-order valence-corrected chi connectivity index (χ3v) is 3.77. The summed E-state index contributed by atoms with van der Waals surface area (Å²) >= 11 is 0. The first-order chi connectivity index (χ1) is 9.65. The van der Waals surface area contributed by atoms with Crippen molar-refractivity contribution in [1.29, 1.82) is 0 Å². The van der Waals surface area contributed by atoms with E-state index in [2.05, 4.69) is 49.5 Å². The average Bonchev–Trinajstić information content (AvgIpc) is 2.46. The predicted octanol–water partition coefficient (Wildman–Crippen LogP) is 3.82. The molecule has 0 fully saturated rings. The number of hydrogen-bond donors (Lipinski definition) is 1. The van der Waals surface area contributed by atoms with Crippen LogP contribution in [0.4, 0.5) is 0 Å². The molecule has 0 radical (unpaired) electrons. The first-order valence-electron chi connectivity index (χ1n) is 7.02. The fourth-order valence-electron chi connectivity index (χ4n) is 2.68. The van der Waals surface area contributed by atoms with Crippen LogP contribution in [-0.4, -0.2) is 14.2 Å². The molecule has 0 heterocycles. The molecule has 0 amide bonds. The monoisotopic (exact) mass is 269 g/mol. The molecular weight excluding hydrogens is 246 g/mol. The Bertz CT molecular complexity index is 577.